The van der Waals surface area contributed by atoms with Gasteiger partial charge in [-0.1, -0.05) is 18.2 Å². The molecular weight excluding hydrogens is 384 g/mol. The van der Waals surface area contributed by atoms with E-state index in [2.05, 4.69) is 10.2 Å². The number of carbonyl (C=O) groups is 1. The summed E-state index contributed by atoms with van der Waals surface area (Å²) < 4.78 is 10.7. The smallest absolute Gasteiger partial charge is 0.223 e. The number of nitrogens with one attached hydrogen (secondary N) is 1. The maximum Gasteiger partial charge on any atom is 0.223 e. The Bertz CT molecular complexity index is 805. The lowest BCUT2D eigenvalue weighted by Gasteiger charge is -2.29. The van der Waals surface area contributed by atoms with Gasteiger partial charge in [0.2, 0.25) is 5.91 Å². The van der Waals surface area contributed by atoms with Crippen LogP contribution in [0, 0.1) is 0 Å². The zero-order valence-electron chi connectivity index (χ0n) is 17.3. The monoisotopic (exact) mass is 414 g/mol. The summed E-state index contributed by atoms with van der Waals surface area (Å²) in [6.07, 6.45) is 1.39. The van der Waals surface area contributed by atoms with E-state index in [1.165, 1.54) is 6.07 Å². The third-order valence-corrected chi connectivity index (χ3v) is 5.29. The van der Waals surface area contributed by atoms with Crippen LogP contribution in [0.25, 0.3) is 0 Å². The molecule has 0 aromatic heterocycles. The number of rotatable bonds is 10. The van der Waals surface area contributed by atoms with Crippen LogP contribution in [0.4, 0.5) is 0 Å². The Morgan fingerprint density at radius 1 is 1.10 bits per heavy atom. The molecule has 7 nitrogen and oxygen atoms in total. The van der Waals surface area contributed by atoms with Gasteiger partial charge in [-0.3, -0.25) is 4.79 Å². The van der Waals surface area contributed by atoms with Crippen molar-refractivity contribution in [1.29, 1.82) is 0 Å². The highest BCUT2D eigenvalue weighted by atomic mass is 16.5. The fourth-order valence-electron chi connectivity index (χ4n) is 3.63. The average molecular weight is 415 g/mol. The molecule has 0 radical (unpaired) electrons. The number of para-hydroxylation sites is 1. The maximum atomic E-state index is 12.5. The number of nitrogens with zero attached hydrogens (tertiary/aromatic N) is 1. The van der Waals surface area contributed by atoms with Crippen molar-refractivity contribution in [2.24, 2.45) is 0 Å². The minimum Gasteiger partial charge on any atom is -0.508 e. The number of phenols is 1. The maximum absolute atomic E-state index is 12.5. The molecule has 0 saturated carbocycles. The molecule has 3 rings (SSSR count). The molecule has 1 aliphatic heterocycles. The van der Waals surface area contributed by atoms with Gasteiger partial charge in [-0.2, -0.15) is 0 Å². The Morgan fingerprint density at radius 3 is 2.43 bits per heavy atom. The van der Waals surface area contributed by atoms with E-state index in [1.54, 1.807) is 49.6 Å². The molecule has 1 heterocycles. The lowest BCUT2D eigenvalue weighted by atomic mass is 10.0. The van der Waals surface area contributed by atoms with Crippen molar-refractivity contribution in [1.82, 2.24) is 10.2 Å². The Labute approximate surface area is 177 Å². The Kier molecular flexibility index (Phi) is 7.93. The van der Waals surface area contributed by atoms with Gasteiger partial charge >= 0.3 is 0 Å². The van der Waals surface area contributed by atoms with E-state index in [-0.39, 0.29) is 24.7 Å². The normalized spacial score (nSPS) is 16.1. The van der Waals surface area contributed by atoms with Crippen molar-refractivity contribution >= 4 is 5.91 Å². The Hall–Kier alpha value is -2.77. The molecule has 0 aliphatic carbocycles. The number of amides is 1. The molecule has 30 heavy (non-hydrogen) atoms. The molecule has 0 unspecified atom stereocenters. The number of methoxy groups -OCH3 is 1. The van der Waals surface area contributed by atoms with Crippen LogP contribution < -0.4 is 14.8 Å². The number of aliphatic hydroxyl groups excluding tert-OH is 1. The van der Waals surface area contributed by atoms with E-state index in [4.69, 9.17) is 9.47 Å². The van der Waals surface area contributed by atoms with Crippen molar-refractivity contribution in [3.8, 4) is 17.2 Å². The van der Waals surface area contributed by atoms with Gasteiger partial charge in [-0.25, -0.2) is 0 Å². The first-order valence-corrected chi connectivity index (χ1v) is 10.3. The first kappa shape index (κ1) is 21.9. The lowest BCUT2D eigenvalue weighted by molar-refractivity contribution is -0.123. The van der Waals surface area contributed by atoms with Crippen LogP contribution in [0.1, 0.15) is 30.9 Å². The van der Waals surface area contributed by atoms with E-state index in [0.717, 1.165) is 31.7 Å². The third-order valence-electron chi connectivity index (χ3n) is 5.29. The van der Waals surface area contributed by atoms with Crippen molar-refractivity contribution < 1.29 is 24.5 Å². The first-order valence-electron chi connectivity index (χ1n) is 10.3. The summed E-state index contributed by atoms with van der Waals surface area (Å²) in [5, 5.41) is 23.9. The molecule has 0 bridgehead atoms. The van der Waals surface area contributed by atoms with Crippen molar-refractivity contribution in [3.05, 3.63) is 54.1 Å². The van der Waals surface area contributed by atoms with Gasteiger partial charge < -0.3 is 29.9 Å². The highest BCUT2D eigenvalue weighted by molar-refractivity contribution is 5.76. The van der Waals surface area contributed by atoms with E-state index in [0.29, 0.717) is 17.9 Å². The van der Waals surface area contributed by atoms with Gasteiger partial charge in [0.25, 0.3) is 0 Å². The van der Waals surface area contributed by atoms with Gasteiger partial charge in [-0.05, 0) is 56.3 Å². The molecule has 2 aromatic rings. The summed E-state index contributed by atoms with van der Waals surface area (Å²) in [6.45, 7) is 2.64. The van der Waals surface area contributed by atoms with Crippen LogP contribution in [-0.2, 0) is 4.79 Å². The van der Waals surface area contributed by atoms with Crippen molar-refractivity contribution in [2.45, 2.75) is 31.4 Å². The summed E-state index contributed by atoms with van der Waals surface area (Å²) in [5.74, 6) is 1.21. The predicted molar refractivity (Wildman–Crippen MR) is 114 cm³/mol. The molecule has 0 spiro atoms. The largest absolute Gasteiger partial charge is 0.508 e. The van der Waals surface area contributed by atoms with E-state index < -0.39 is 12.1 Å². The number of hydrogen-bond acceptors (Lipinski definition) is 6. The number of carbonyl (C=O) groups excluding carboxylic acids is 1. The van der Waals surface area contributed by atoms with Gasteiger partial charge in [-0.15, -0.1) is 0 Å². The second-order valence-corrected chi connectivity index (χ2v) is 7.46. The molecule has 162 valence electrons. The quantitative estimate of drug-likeness (QED) is 0.553. The molecule has 2 atom stereocenters. The topological polar surface area (TPSA) is 91.3 Å². The summed E-state index contributed by atoms with van der Waals surface area (Å²) in [5.41, 5.74) is 0.413. The molecule has 3 N–H and O–H groups in total. The number of benzene rings is 2. The Morgan fingerprint density at radius 2 is 1.77 bits per heavy atom. The van der Waals surface area contributed by atoms with Crippen LogP contribution >= 0.6 is 0 Å². The molecule has 7 heteroatoms. The second-order valence-electron chi connectivity index (χ2n) is 7.46. The highest BCUT2D eigenvalue weighted by Gasteiger charge is 2.28. The molecule has 1 fully saturated rings. The Balaban J connectivity index is 1.57. The van der Waals surface area contributed by atoms with Crippen molar-refractivity contribution in [3.63, 3.8) is 0 Å². The van der Waals surface area contributed by atoms with E-state index >= 15 is 0 Å². The number of aliphatic hydroxyl groups is 1. The van der Waals surface area contributed by atoms with Gasteiger partial charge in [0.15, 0.2) is 0 Å². The lowest BCUT2D eigenvalue weighted by Crippen LogP contribution is -2.47. The van der Waals surface area contributed by atoms with Crippen LogP contribution in [0.3, 0.4) is 0 Å². The van der Waals surface area contributed by atoms with Gasteiger partial charge in [0.1, 0.15) is 23.4 Å². The minimum absolute atomic E-state index is 0.0218. The summed E-state index contributed by atoms with van der Waals surface area (Å²) >= 11 is 0. The molecule has 1 saturated heterocycles. The van der Waals surface area contributed by atoms with Gasteiger partial charge in [0, 0.05) is 12.1 Å². The third kappa shape index (κ3) is 6.11. The summed E-state index contributed by atoms with van der Waals surface area (Å²) in [6, 6.07) is 13.3. The van der Waals surface area contributed by atoms with Crippen LogP contribution in [-0.4, -0.2) is 60.4 Å². The van der Waals surface area contributed by atoms with Crippen LogP contribution in [0.15, 0.2) is 48.5 Å². The second kappa shape index (κ2) is 10.8. The molecule has 2 aromatic carbocycles. The number of ether oxygens (including phenoxy) is 2. The molecule has 1 amide bonds. The summed E-state index contributed by atoms with van der Waals surface area (Å²) in [4.78, 5) is 14.8. The number of likely N-dealkylation sites (tertiary alicyclic amines) is 1. The van der Waals surface area contributed by atoms with Gasteiger partial charge in [0.05, 0.1) is 26.2 Å². The number of phenolic OH excluding ortho intramolecular Hbond substituents is 1. The first-order chi connectivity index (χ1) is 14.6. The fraction of sp³-hybridized carbons (Fsp3) is 0.435. The SMILES string of the molecule is COc1ccc(OCCC(=O)N[C@H](CN2CCCC2)[C@H](O)c2ccccc2O)cc1. The summed E-state index contributed by atoms with van der Waals surface area (Å²) in [7, 11) is 1.60. The highest BCUT2D eigenvalue weighted by Crippen LogP contribution is 2.27. The van der Waals surface area contributed by atoms with Crippen molar-refractivity contribution in [2.75, 3.05) is 33.4 Å². The average Bonchev–Trinajstić information content (AvgIpc) is 3.27. The fourth-order valence-corrected chi connectivity index (χ4v) is 3.63. The van der Waals surface area contributed by atoms with Crippen LogP contribution in [0.5, 0.6) is 17.2 Å². The zero-order chi connectivity index (χ0) is 21.3. The number of hydrogen-bond donors (Lipinski definition) is 3. The zero-order valence-corrected chi connectivity index (χ0v) is 17.3. The standard InChI is InChI=1S/C23H30N2O5/c1-29-17-8-10-18(11-9-17)30-15-12-22(27)24-20(16-25-13-4-5-14-25)23(28)19-6-2-3-7-21(19)26/h2-3,6-11,20,23,26,28H,4-5,12-16H2,1H3,(H,24,27)/t20-,23-/m1/s1. The minimum atomic E-state index is -1.00. The van der Waals surface area contributed by atoms with E-state index in [9.17, 15) is 15.0 Å². The van der Waals surface area contributed by atoms with Crippen LogP contribution in [0.2, 0.25) is 0 Å². The number of aromatic hydroxyl groups is 1. The predicted octanol–water partition coefficient (Wildman–Crippen LogP) is 2.48. The molecular formula is C23H30N2O5. The van der Waals surface area contributed by atoms with E-state index in [1.807, 2.05) is 0 Å². The molecule has 1 aliphatic rings.